The van der Waals surface area contributed by atoms with Gasteiger partial charge in [0.15, 0.2) is 0 Å². The van der Waals surface area contributed by atoms with Crippen LogP contribution in [0.25, 0.3) is 0 Å². The van der Waals surface area contributed by atoms with E-state index in [-0.39, 0.29) is 12.2 Å². The minimum absolute atomic E-state index is 0.175. The highest BCUT2D eigenvalue weighted by Crippen LogP contribution is 2.17. The van der Waals surface area contributed by atoms with Gasteiger partial charge in [0.2, 0.25) is 5.91 Å². The molecule has 2 saturated heterocycles. The normalized spacial score (nSPS) is 35.4. The molecule has 0 radical (unpaired) electrons. The fraction of sp³-hybridized carbons (Fsp3) is 0.917. The van der Waals surface area contributed by atoms with Crippen molar-refractivity contribution < 1.29 is 9.53 Å². The molecule has 92 valence electrons. The predicted octanol–water partition coefficient (Wildman–Crippen LogP) is 0.622. The second kappa shape index (κ2) is 5.15. The van der Waals surface area contributed by atoms with Gasteiger partial charge in [-0.15, -0.1) is 0 Å². The molecular formula is C12H22N2O2. The van der Waals surface area contributed by atoms with Crippen molar-refractivity contribution in [3.8, 4) is 0 Å². The quantitative estimate of drug-likeness (QED) is 0.750. The third kappa shape index (κ3) is 2.95. The van der Waals surface area contributed by atoms with Crippen LogP contribution in [-0.2, 0) is 9.53 Å². The highest BCUT2D eigenvalue weighted by molar-refractivity contribution is 5.76. The summed E-state index contributed by atoms with van der Waals surface area (Å²) in [5.74, 6) is 0.844. The van der Waals surface area contributed by atoms with Crippen molar-refractivity contribution in [2.24, 2.45) is 5.92 Å². The standard InChI is InChI=1S/C12H22N2O2/c1-9-7-14(8-10(2)16-9)12(15)5-11-3-4-13-6-11/h9-11,13H,3-8H2,1-2H3/t9-,10+,11?. The molecule has 0 saturated carbocycles. The van der Waals surface area contributed by atoms with Crippen LogP contribution in [0.3, 0.4) is 0 Å². The van der Waals surface area contributed by atoms with Gasteiger partial charge >= 0.3 is 0 Å². The Bertz CT molecular complexity index is 241. The van der Waals surface area contributed by atoms with Crippen LogP contribution in [0, 0.1) is 5.92 Å². The lowest BCUT2D eigenvalue weighted by Crippen LogP contribution is -2.48. The van der Waals surface area contributed by atoms with Gasteiger partial charge in [-0.05, 0) is 39.3 Å². The Kier molecular flexibility index (Phi) is 3.82. The number of hydrogen-bond acceptors (Lipinski definition) is 3. The number of rotatable bonds is 2. The van der Waals surface area contributed by atoms with Crippen LogP contribution in [0.5, 0.6) is 0 Å². The van der Waals surface area contributed by atoms with Crippen LogP contribution >= 0.6 is 0 Å². The first kappa shape index (κ1) is 11.9. The fourth-order valence-electron chi connectivity index (χ4n) is 2.65. The van der Waals surface area contributed by atoms with E-state index in [0.717, 1.165) is 32.6 Å². The first-order valence-electron chi connectivity index (χ1n) is 6.29. The monoisotopic (exact) mass is 226 g/mol. The summed E-state index contributed by atoms with van der Waals surface area (Å²) in [4.78, 5) is 14.1. The van der Waals surface area contributed by atoms with Crippen molar-refractivity contribution in [3.05, 3.63) is 0 Å². The zero-order valence-electron chi connectivity index (χ0n) is 10.2. The van der Waals surface area contributed by atoms with E-state index in [1.54, 1.807) is 0 Å². The zero-order chi connectivity index (χ0) is 11.5. The predicted molar refractivity (Wildman–Crippen MR) is 62.2 cm³/mol. The van der Waals surface area contributed by atoms with Crippen LogP contribution < -0.4 is 5.32 Å². The van der Waals surface area contributed by atoms with Crippen molar-refractivity contribution in [2.75, 3.05) is 26.2 Å². The van der Waals surface area contributed by atoms with Gasteiger partial charge < -0.3 is 15.0 Å². The number of nitrogens with one attached hydrogen (secondary N) is 1. The number of morpholine rings is 1. The summed E-state index contributed by atoms with van der Waals surface area (Å²) < 4.78 is 5.63. The average Bonchev–Trinajstić information content (AvgIpc) is 2.68. The Morgan fingerprint density at radius 3 is 2.62 bits per heavy atom. The van der Waals surface area contributed by atoms with Crippen LogP contribution in [0.4, 0.5) is 0 Å². The topological polar surface area (TPSA) is 41.6 Å². The van der Waals surface area contributed by atoms with Crippen molar-refractivity contribution in [1.29, 1.82) is 0 Å². The van der Waals surface area contributed by atoms with E-state index in [2.05, 4.69) is 5.32 Å². The molecule has 4 nitrogen and oxygen atoms in total. The van der Waals surface area contributed by atoms with E-state index in [0.29, 0.717) is 18.2 Å². The van der Waals surface area contributed by atoms with E-state index in [9.17, 15) is 4.79 Å². The molecule has 2 rings (SSSR count). The maximum atomic E-state index is 12.1. The van der Waals surface area contributed by atoms with Crippen molar-refractivity contribution in [1.82, 2.24) is 10.2 Å². The van der Waals surface area contributed by atoms with Crippen LogP contribution in [-0.4, -0.2) is 49.2 Å². The molecule has 2 fully saturated rings. The number of nitrogens with zero attached hydrogens (tertiary/aromatic N) is 1. The molecule has 0 bridgehead atoms. The first-order valence-corrected chi connectivity index (χ1v) is 6.29. The lowest BCUT2D eigenvalue weighted by Gasteiger charge is -2.35. The Labute approximate surface area is 97.3 Å². The lowest BCUT2D eigenvalue weighted by molar-refractivity contribution is -0.144. The molecular weight excluding hydrogens is 204 g/mol. The second-order valence-electron chi connectivity index (χ2n) is 5.12. The van der Waals surface area contributed by atoms with Crippen LogP contribution in [0.2, 0.25) is 0 Å². The van der Waals surface area contributed by atoms with Gasteiger partial charge in [-0.1, -0.05) is 0 Å². The molecule has 2 heterocycles. The smallest absolute Gasteiger partial charge is 0.223 e. The molecule has 0 spiro atoms. The fourth-order valence-corrected chi connectivity index (χ4v) is 2.65. The van der Waals surface area contributed by atoms with E-state index in [1.165, 1.54) is 0 Å². The number of ether oxygens (including phenoxy) is 1. The summed E-state index contributed by atoms with van der Waals surface area (Å²) in [5, 5.41) is 3.30. The third-order valence-corrected chi connectivity index (χ3v) is 3.40. The van der Waals surface area contributed by atoms with Gasteiger partial charge in [-0.25, -0.2) is 0 Å². The summed E-state index contributed by atoms with van der Waals surface area (Å²) in [7, 11) is 0. The highest BCUT2D eigenvalue weighted by atomic mass is 16.5. The van der Waals surface area contributed by atoms with Gasteiger partial charge in [-0.2, -0.15) is 0 Å². The molecule has 16 heavy (non-hydrogen) atoms. The Hall–Kier alpha value is -0.610. The second-order valence-corrected chi connectivity index (χ2v) is 5.12. The molecule has 1 unspecified atom stereocenters. The number of carbonyl (C=O) groups excluding carboxylic acids is 1. The maximum absolute atomic E-state index is 12.1. The summed E-state index contributed by atoms with van der Waals surface area (Å²) >= 11 is 0. The molecule has 3 atom stereocenters. The van der Waals surface area contributed by atoms with E-state index < -0.39 is 0 Å². The molecule has 0 aliphatic carbocycles. The summed E-state index contributed by atoms with van der Waals surface area (Å²) in [6, 6.07) is 0. The van der Waals surface area contributed by atoms with E-state index in [4.69, 9.17) is 4.74 Å². The molecule has 2 aliphatic rings. The largest absolute Gasteiger partial charge is 0.372 e. The summed E-state index contributed by atoms with van der Waals surface area (Å²) in [6.07, 6.45) is 2.19. The Morgan fingerprint density at radius 1 is 1.38 bits per heavy atom. The highest BCUT2D eigenvalue weighted by Gasteiger charge is 2.28. The maximum Gasteiger partial charge on any atom is 0.223 e. The van der Waals surface area contributed by atoms with Gasteiger partial charge in [-0.3, -0.25) is 4.79 Å². The molecule has 0 aromatic carbocycles. The molecule has 4 heteroatoms. The van der Waals surface area contributed by atoms with Gasteiger partial charge in [0.25, 0.3) is 0 Å². The molecule has 1 amide bonds. The van der Waals surface area contributed by atoms with E-state index in [1.807, 2.05) is 18.7 Å². The zero-order valence-corrected chi connectivity index (χ0v) is 10.2. The van der Waals surface area contributed by atoms with Crippen LogP contribution in [0.15, 0.2) is 0 Å². The van der Waals surface area contributed by atoms with Gasteiger partial charge in [0.1, 0.15) is 0 Å². The molecule has 2 aliphatic heterocycles. The van der Waals surface area contributed by atoms with Crippen molar-refractivity contribution >= 4 is 5.91 Å². The number of amides is 1. The van der Waals surface area contributed by atoms with Crippen molar-refractivity contribution in [2.45, 2.75) is 38.9 Å². The van der Waals surface area contributed by atoms with Gasteiger partial charge in [0, 0.05) is 19.5 Å². The third-order valence-electron chi connectivity index (χ3n) is 3.40. The molecule has 0 aromatic rings. The Morgan fingerprint density at radius 2 is 2.06 bits per heavy atom. The summed E-state index contributed by atoms with van der Waals surface area (Å²) in [6.45, 7) is 7.64. The number of carbonyl (C=O) groups is 1. The van der Waals surface area contributed by atoms with Gasteiger partial charge in [0.05, 0.1) is 12.2 Å². The summed E-state index contributed by atoms with van der Waals surface area (Å²) in [5.41, 5.74) is 0. The molecule has 0 aromatic heterocycles. The minimum atomic E-state index is 0.175. The average molecular weight is 226 g/mol. The van der Waals surface area contributed by atoms with Crippen LogP contribution in [0.1, 0.15) is 26.7 Å². The molecule has 1 N–H and O–H groups in total. The van der Waals surface area contributed by atoms with Crippen molar-refractivity contribution in [3.63, 3.8) is 0 Å². The Balaban J connectivity index is 1.83. The number of hydrogen-bond donors (Lipinski definition) is 1. The SMILES string of the molecule is C[C@@H]1CN(C(=O)CC2CCNC2)C[C@H](C)O1. The first-order chi connectivity index (χ1) is 7.65. The minimum Gasteiger partial charge on any atom is -0.372 e. The van der Waals surface area contributed by atoms with E-state index >= 15 is 0 Å². The lowest BCUT2D eigenvalue weighted by atomic mass is 10.0.